The number of nitrogens with zero attached hydrogens (tertiary/aromatic N) is 4. The van der Waals surface area contributed by atoms with Crippen LogP contribution in [0.15, 0.2) is 60.8 Å². The second kappa shape index (κ2) is 10.3. The second-order valence-corrected chi connectivity index (χ2v) is 9.35. The fourth-order valence-corrected chi connectivity index (χ4v) is 4.45. The summed E-state index contributed by atoms with van der Waals surface area (Å²) in [5.41, 5.74) is 2.04. The standard InChI is InChI=1S/C26H27F3N4O3/c27-26(28,29)36-22-11-8-20(9-12-22)24-15-30-33(31-24)25(34)32-16-23(35-17-19-6-7-19)13-10-21(32)14-18-4-2-1-3-5-18/h1-5,8-9,11-12,15,19,21,23H,6-7,10,13-14,16-17H2/t21-,23-/m1/s1. The number of piperidine rings is 1. The van der Waals surface area contributed by atoms with Crippen molar-refractivity contribution in [3.8, 4) is 17.0 Å². The summed E-state index contributed by atoms with van der Waals surface area (Å²) < 4.78 is 47.3. The van der Waals surface area contributed by atoms with Crippen molar-refractivity contribution in [1.29, 1.82) is 0 Å². The second-order valence-electron chi connectivity index (χ2n) is 9.35. The number of carbonyl (C=O) groups excluding carboxylic acids is 1. The molecule has 2 aliphatic rings. The van der Waals surface area contributed by atoms with E-state index < -0.39 is 6.36 Å². The van der Waals surface area contributed by atoms with Crippen LogP contribution in [0.5, 0.6) is 5.75 Å². The van der Waals surface area contributed by atoms with Crippen LogP contribution in [0.2, 0.25) is 0 Å². The summed E-state index contributed by atoms with van der Waals surface area (Å²) in [5, 5.41) is 8.48. The Morgan fingerprint density at radius 1 is 1.00 bits per heavy atom. The van der Waals surface area contributed by atoms with Crippen molar-refractivity contribution in [2.24, 2.45) is 5.92 Å². The molecule has 1 saturated heterocycles. The zero-order valence-electron chi connectivity index (χ0n) is 19.6. The third-order valence-corrected chi connectivity index (χ3v) is 6.53. The molecular weight excluding hydrogens is 473 g/mol. The van der Waals surface area contributed by atoms with Gasteiger partial charge in [-0.15, -0.1) is 18.3 Å². The van der Waals surface area contributed by atoms with E-state index in [2.05, 4.69) is 27.1 Å². The van der Waals surface area contributed by atoms with Gasteiger partial charge in [-0.05, 0) is 67.9 Å². The van der Waals surface area contributed by atoms with Crippen molar-refractivity contribution in [2.45, 2.75) is 50.6 Å². The molecule has 190 valence electrons. The maximum Gasteiger partial charge on any atom is 0.573 e. The number of halogens is 3. The lowest BCUT2D eigenvalue weighted by Crippen LogP contribution is -2.52. The molecule has 2 fully saturated rings. The molecule has 1 amide bonds. The summed E-state index contributed by atoms with van der Waals surface area (Å²) in [5.74, 6) is 0.309. The first-order valence-electron chi connectivity index (χ1n) is 12.1. The minimum atomic E-state index is -4.76. The average Bonchev–Trinajstić information content (AvgIpc) is 3.57. The smallest absolute Gasteiger partial charge is 0.406 e. The van der Waals surface area contributed by atoms with E-state index in [1.807, 2.05) is 18.2 Å². The zero-order valence-corrected chi connectivity index (χ0v) is 19.6. The lowest BCUT2D eigenvalue weighted by molar-refractivity contribution is -0.274. The number of hydrogen-bond donors (Lipinski definition) is 0. The van der Waals surface area contributed by atoms with E-state index in [1.54, 1.807) is 4.90 Å². The number of ether oxygens (including phenoxy) is 2. The van der Waals surface area contributed by atoms with E-state index in [9.17, 15) is 18.0 Å². The van der Waals surface area contributed by atoms with Gasteiger partial charge < -0.3 is 14.4 Å². The maximum absolute atomic E-state index is 13.5. The predicted molar refractivity (Wildman–Crippen MR) is 125 cm³/mol. The van der Waals surface area contributed by atoms with Crippen LogP contribution in [0, 0.1) is 5.92 Å². The van der Waals surface area contributed by atoms with E-state index in [4.69, 9.17) is 4.74 Å². The Bertz CT molecular complexity index is 1160. The Hall–Kier alpha value is -3.40. The molecule has 1 aromatic heterocycles. The van der Waals surface area contributed by atoms with Gasteiger partial charge in [0, 0.05) is 24.8 Å². The molecule has 2 heterocycles. The van der Waals surface area contributed by atoms with Gasteiger partial charge in [-0.3, -0.25) is 0 Å². The Balaban J connectivity index is 1.31. The fourth-order valence-electron chi connectivity index (χ4n) is 4.45. The number of likely N-dealkylation sites (tertiary alicyclic amines) is 1. The highest BCUT2D eigenvalue weighted by Gasteiger charge is 2.35. The van der Waals surface area contributed by atoms with Crippen molar-refractivity contribution in [3.63, 3.8) is 0 Å². The van der Waals surface area contributed by atoms with Gasteiger partial charge in [0.25, 0.3) is 0 Å². The van der Waals surface area contributed by atoms with Crippen LogP contribution in [0.1, 0.15) is 31.2 Å². The molecule has 3 aromatic rings. The summed E-state index contributed by atoms with van der Waals surface area (Å²) in [6, 6.07) is 15.0. The van der Waals surface area contributed by atoms with Crippen molar-refractivity contribution in [2.75, 3.05) is 13.2 Å². The van der Waals surface area contributed by atoms with E-state index in [0.717, 1.165) is 36.2 Å². The van der Waals surface area contributed by atoms with Crippen molar-refractivity contribution in [1.82, 2.24) is 19.9 Å². The number of aromatic nitrogens is 3. The Kier molecular flexibility index (Phi) is 6.95. The molecule has 2 aromatic carbocycles. The largest absolute Gasteiger partial charge is 0.573 e. The average molecular weight is 501 g/mol. The monoisotopic (exact) mass is 500 g/mol. The number of hydrogen-bond acceptors (Lipinski definition) is 5. The van der Waals surface area contributed by atoms with Gasteiger partial charge in [-0.25, -0.2) is 4.79 Å². The van der Waals surface area contributed by atoms with E-state index in [-0.39, 0.29) is 23.9 Å². The molecule has 0 bridgehead atoms. The third-order valence-electron chi connectivity index (χ3n) is 6.53. The normalized spacial score (nSPS) is 20.4. The Labute approximate surface area is 206 Å². The number of amides is 1. The van der Waals surface area contributed by atoms with Crippen molar-refractivity contribution < 1.29 is 27.4 Å². The van der Waals surface area contributed by atoms with Crippen LogP contribution in [0.4, 0.5) is 18.0 Å². The van der Waals surface area contributed by atoms with Crippen LogP contribution in [-0.4, -0.2) is 57.6 Å². The number of benzene rings is 2. The van der Waals surface area contributed by atoms with E-state index in [0.29, 0.717) is 23.7 Å². The van der Waals surface area contributed by atoms with Crippen LogP contribution in [0.25, 0.3) is 11.3 Å². The minimum Gasteiger partial charge on any atom is -0.406 e. The van der Waals surface area contributed by atoms with Crippen molar-refractivity contribution in [3.05, 3.63) is 66.4 Å². The molecule has 36 heavy (non-hydrogen) atoms. The van der Waals surface area contributed by atoms with Crippen LogP contribution >= 0.6 is 0 Å². The summed E-state index contributed by atoms with van der Waals surface area (Å²) in [6.45, 7) is 1.19. The lowest BCUT2D eigenvalue weighted by atomic mass is 9.94. The number of carbonyl (C=O) groups is 1. The molecule has 1 saturated carbocycles. The molecule has 0 radical (unpaired) electrons. The molecule has 2 atom stereocenters. The molecule has 0 unspecified atom stereocenters. The number of rotatable bonds is 7. The van der Waals surface area contributed by atoms with Crippen molar-refractivity contribution >= 4 is 6.03 Å². The van der Waals surface area contributed by atoms with Gasteiger partial charge in [0.15, 0.2) is 0 Å². The van der Waals surface area contributed by atoms with Crippen LogP contribution in [0.3, 0.4) is 0 Å². The summed E-state index contributed by atoms with van der Waals surface area (Å²) in [7, 11) is 0. The Morgan fingerprint density at radius 3 is 2.44 bits per heavy atom. The van der Waals surface area contributed by atoms with Gasteiger partial charge in [0.2, 0.25) is 0 Å². The van der Waals surface area contributed by atoms with Gasteiger partial charge >= 0.3 is 12.4 Å². The van der Waals surface area contributed by atoms with Crippen LogP contribution in [-0.2, 0) is 11.2 Å². The fraction of sp³-hybridized carbons (Fsp3) is 0.423. The van der Waals surface area contributed by atoms with Gasteiger partial charge in [0.05, 0.1) is 12.3 Å². The first-order chi connectivity index (χ1) is 17.3. The molecule has 1 aliphatic carbocycles. The summed E-state index contributed by atoms with van der Waals surface area (Å²) >= 11 is 0. The molecule has 1 aliphatic heterocycles. The third kappa shape index (κ3) is 6.23. The van der Waals surface area contributed by atoms with Gasteiger partial charge in [-0.1, -0.05) is 35.1 Å². The highest BCUT2D eigenvalue weighted by atomic mass is 19.4. The first kappa shape index (κ1) is 24.3. The molecule has 0 N–H and O–H groups in total. The van der Waals surface area contributed by atoms with Gasteiger partial charge in [0.1, 0.15) is 11.4 Å². The Morgan fingerprint density at radius 2 is 1.75 bits per heavy atom. The quantitative estimate of drug-likeness (QED) is 0.440. The predicted octanol–water partition coefficient (Wildman–Crippen LogP) is 5.31. The minimum absolute atomic E-state index is 0.0195. The van der Waals surface area contributed by atoms with Crippen LogP contribution < -0.4 is 4.74 Å². The topological polar surface area (TPSA) is 69.5 Å². The lowest BCUT2D eigenvalue weighted by Gasteiger charge is -2.39. The molecule has 7 nitrogen and oxygen atoms in total. The van der Waals surface area contributed by atoms with E-state index >= 15 is 0 Å². The molecular formula is C26H27F3N4O3. The SMILES string of the molecule is O=C(N1C[C@H](OCC2CC2)CC[C@@H]1Cc1ccccc1)n1ncc(-c2ccc(OC(F)(F)F)cc2)n1. The highest BCUT2D eigenvalue weighted by Crippen LogP contribution is 2.31. The first-order valence-corrected chi connectivity index (χ1v) is 12.1. The molecule has 5 rings (SSSR count). The molecule has 0 spiro atoms. The molecule has 10 heteroatoms. The zero-order chi connectivity index (χ0) is 25.1. The summed E-state index contributed by atoms with van der Waals surface area (Å²) in [6.07, 6.45) is 1.46. The van der Waals surface area contributed by atoms with Gasteiger partial charge in [-0.2, -0.15) is 5.10 Å². The van der Waals surface area contributed by atoms with E-state index in [1.165, 1.54) is 43.3 Å². The maximum atomic E-state index is 13.5. The summed E-state index contributed by atoms with van der Waals surface area (Å²) in [4.78, 5) is 16.4. The number of alkyl halides is 3. The highest BCUT2D eigenvalue weighted by molar-refractivity contribution is 5.76.